The average molecular weight is 257 g/mol. The Morgan fingerprint density at radius 3 is 3.11 bits per heavy atom. The van der Waals surface area contributed by atoms with E-state index in [1.165, 1.54) is 22.6 Å². The third kappa shape index (κ3) is 2.54. The molecule has 18 heavy (non-hydrogen) atoms. The van der Waals surface area contributed by atoms with Crippen molar-refractivity contribution in [1.82, 2.24) is 15.3 Å². The molecular formula is C14H15N3S. The largest absolute Gasteiger partial charge is 0.304 e. The van der Waals surface area contributed by atoms with Crippen LogP contribution in [0.4, 0.5) is 0 Å². The first-order valence-electron chi connectivity index (χ1n) is 6.13. The van der Waals surface area contributed by atoms with Gasteiger partial charge in [0, 0.05) is 23.7 Å². The third-order valence-corrected chi connectivity index (χ3v) is 4.25. The van der Waals surface area contributed by atoms with Crippen LogP contribution in [0.3, 0.4) is 0 Å². The summed E-state index contributed by atoms with van der Waals surface area (Å²) < 4.78 is 0. The molecule has 0 radical (unpaired) electrons. The molecule has 1 N–H and O–H groups in total. The maximum absolute atomic E-state index is 4.24. The molecule has 1 aliphatic heterocycles. The van der Waals surface area contributed by atoms with Gasteiger partial charge < -0.3 is 5.32 Å². The molecule has 2 heterocycles. The zero-order valence-electron chi connectivity index (χ0n) is 10.0. The Morgan fingerprint density at radius 2 is 2.22 bits per heavy atom. The Hall–Kier alpha value is -1.39. The highest BCUT2D eigenvalue weighted by Crippen LogP contribution is 2.35. The number of nitrogens with zero attached hydrogens (tertiary/aromatic N) is 2. The van der Waals surface area contributed by atoms with Crippen molar-refractivity contribution in [2.24, 2.45) is 0 Å². The molecule has 0 saturated heterocycles. The van der Waals surface area contributed by atoms with Crippen molar-refractivity contribution in [2.75, 3.05) is 5.75 Å². The van der Waals surface area contributed by atoms with Crippen molar-refractivity contribution in [3.63, 3.8) is 0 Å². The molecule has 1 aromatic heterocycles. The Bertz CT molecular complexity index is 515. The summed E-state index contributed by atoms with van der Waals surface area (Å²) in [5.41, 5.74) is 2.46. The smallest absolute Gasteiger partial charge is 0.115 e. The molecule has 0 spiro atoms. The van der Waals surface area contributed by atoms with E-state index in [4.69, 9.17) is 0 Å². The molecule has 1 aromatic carbocycles. The Morgan fingerprint density at radius 1 is 1.28 bits per heavy atom. The summed E-state index contributed by atoms with van der Waals surface area (Å²) in [5, 5.41) is 3.59. The molecule has 3 nitrogen and oxygen atoms in total. The van der Waals surface area contributed by atoms with Gasteiger partial charge in [-0.3, -0.25) is 0 Å². The molecule has 4 heteroatoms. The molecule has 3 rings (SSSR count). The van der Waals surface area contributed by atoms with Gasteiger partial charge in [0.25, 0.3) is 0 Å². The molecule has 1 unspecified atom stereocenters. The van der Waals surface area contributed by atoms with Crippen molar-refractivity contribution in [3.05, 3.63) is 54.1 Å². The first-order valence-corrected chi connectivity index (χ1v) is 7.12. The fraction of sp³-hybridized carbons (Fsp3) is 0.286. The summed E-state index contributed by atoms with van der Waals surface area (Å²) in [5.74, 6) is 1.18. The summed E-state index contributed by atoms with van der Waals surface area (Å²) >= 11 is 1.95. The van der Waals surface area contributed by atoms with Gasteiger partial charge in [0.1, 0.15) is 6.33 Å². The third-order valence-electron chi connectivity index (χ3n) is 3.13. The first-order chi connectivity index (χ1) is 8.93. The summed E-state index contributed by atoms with van der Waals surface area (Å²) in [6.45, 7) is 0.798. The summed E-state index contributed by atoms with van der Waals surface area (Å²) in [4.78, 5) is 9.58. The quantitative estimate of drug-likeness (QED) is 0.917. The predicted molar refractivity (Wildman–Crippen MR) is 73.4 cm³/mol. The highest BCUT2D eigenvalue weighted by Gasteiger charge is 2.19. The van der Waals surface area contributed by atoms with Gasteiger partial charge >= 0.3 is 0 Å². The van der Waals surface area contributed by atoms with Crippen LogP contribution in [0.5, 0.6) is 0 Å². The zero-order chi connectivity index (χ0) is 12.2. The lowest BCUT2D eigenvalue weighted by molar-refractivity contribution is 0.505. The fourth-order valence-corrected chi connectivity index (χ4v) is 3.33. The van der Waals surface area contributed by atoms with Gasteiger partial charge in [-0.05, 0) is 29.9 Å². The summed E-state index contributed by atoms with van der Waals surface area (Å²) in [6.07, 6.45) is 4.56. The van der Waals surface area contributed by atoms with E-state index in [1.807, 2.05) is 17.8 Å². The van der Waals surface area contributed by atoms with E-state index < -0.39 is 0 Å². The van der Waals surface area contributed by atoms with Crippen LogP contribution in [0, 0.1) is 0 Å². The van der Waals surface area contributed by atoms with Gasteiger partial charge in [0.15, 0.2) is 0 Å². The molecule has 1 atom stereocenters. The summed E-state index contributed by atoms with van der Waals surface area (Å²) in [7, 11) is 0. The standard InChI is InChI=1S/C14H15N3S/c1-2-4-14-12(3-1)13(6-8-18-14)16-9-11-5-7-15-10-17-11/h1-5,7,10,13,16H,6,8-9H2. The topological polar surface area (TPSA) is 37.8 Å². The number of hydrogen-bond acceptors (Lipinski definition) is 4. The van der Waals surface area contributed by atoms with Crippen LogP contribution >= 0.6 is 11.8 Å². The lowest BCUT2D eigenvalue weighted by Gasteiger charge is -2.25. The molecule has 0 fully saturated rings. The van der Waals surface area contributed by atoms with Crippen LogP contribution in [-0.2, 0) is 6.54 Å². The Balaban J connectivity index is 1.71. The molecule has 0 bridgehead atoms. The van der Waals surface area contributed by atoms with E-state index in [9.17, 15) is 0 Å². The van der Waals surface area contributed by atoms with Crippen LogP contribution in [0.25, 0.3) is 0 Å². The van der Waals surface area contributed by atoms with Gasteiger partial charge in [0.05, 0.1) is 5.69 Å². The first kappa shape index (κ1) is 11.7. The van der Waals surface area contributed by atoms with Gasteiger partial charge in [-0.1, -0.05) is 18.2 Å². The number of fused-ring (bicyclic) bond motifs is 1. The van der Waals surface area contributed by atoms with Crippen molar-refractivity contribution >= 4 is 11.8 Å². The average Bonchev–Trinajstić information content (AvgIpc) is 2.46. The number of hydrogen-bond donors (Lipinski definition) is 1. The SMILES string of the molecule is c1ccc2c(c1)SCCC2NCc1ccncn1. The zero-order valence-corrected chi connectivity index (χ0v) is 10.9. The van der Waals surface area contributed by atoms with Gasteiger partial charge in [-0.15, -0.1) is 11.8 Å². The van der Waals surface area contributed by atoms with E-state index in [-0.39, 0.29) is 0 Å². The number of benzene rings is 1. The van der Waals surface area contributed by atoms with E-state index in [0.717, 1.165) is 12.2 Å². The van der Waals surface area contributed by atoms with Gasteiger partial charge in [-0.25, -0.2) is 9.97 Å². The van der Waals surface area contributed by atoms with Crippen LogP contribution in [0.2, 0.25) is 0 Å². The number of rotatable bonds is 3. The normalized spacial score (nSPS) is 18.3. The fourth-order valence-electron chi connectivity index (χ4n) is 2.20. The highest BCUT2D eigenvalue weighted by molar-refractivity contribution is 7.99. The Labute approximate surface area is 111 Å². The highest BCUT2D eigenvalue weighted by atomic mass is 32.2. The maximum Gasteiger partial charge on any atom is 0.115 e. The molecule has 1 aliphatic rings. The summed E-state index contributed by atoms with van der Waals surface area (Å²) in [6, 6.07) is 11.1. The maximum atomic E-state index is 4.24. The van der Waals surface area contributed by atoms with Gasteiger partial charge in [0.2, 0.25) is 0 Å². The molecular weight excluding hydrogens is 242 g/mol. The van der Waals surface area contributed by atoms with Gasteiger partial charge in [-0.2, -0.15) is 0 Å². The Kier molecular flexibility index (Phi) is 3.57. The molecule has 0 amide bonds. The van der Waals surface area contributed by atoms with E-state index in [1.54, 1.807) is 12.5 Å². The minimum Gasteiger partial charge on any atom is -0.304 e. The van der Waals surface area contributed by atoms with E-state index in [2.05, 4.69) is 39.6 Å². The molecule has 0 aliphatic carbocycles. The molecule has 2 aromatic rings. The van der Waals surface area contributed by atoms with Crippen molar-refractivity contribution in [3.8, 4) is 0 Å². The van der Waals surface area contributed by atoms with Crippen LogP contribution in [0.1, 0.15) is 23.7 Å². The minimum atomic E-state index is 0.442. The second-order valence-electron chi connectivity index (χ2n) is 4.31. The monoisotopic (exact) mass is 257 g/mol. The van der Waals surface area contributed by atoms with E-state index in [0.29, 0.717) is 6.04 Å². The van der Waals surface area contributed by atoms with Crippen LogP contribution in [-0.4, -0.2) is 15.7 Å². The predicted octanol–water partition coefficient (Wildman–Crippen LogP) is 2.80. The molecule has 92 valence electrons. The van der Waals surface area contributed by atoms with Crippen molar-refractivity contribution < 1.29 is 0 Å². The number of thioether (sulfide) groups is 1. The van der Waals surface area contributed by atoms with Crippen LogP contribution in [0.15, 0.2) is 47.8 Å². The molecule has 0 saturated carbocycles. The van der Waals surface area contributed by atoms with Crippen molar-refractivity contribution in [1.29, 1.82) is 0 Å². The second-order valence-corrected chi connectivity index (χ2v) is 5.45. The number of nitrogens with one attached hydrogen (secondary N) is 1. The van der Waals surface area contributed by atoms with E-state index >= 15 is 0 Å². The number of aromatic nitrogens is 2. The van der Waals surface area contributed by atoms with Crippen molar-refractivity contribution in [2.45, 2.75) is 23.9 Å². The second kappa shape index (κ2) is 5.50. The minimum absolute atomic E-state index is 0.442. The lowest BCUT2D eigenvalue weighted by Crippen LogP contribution is -2.24. The van der Waals surface area contributed by atoms with Crippen LogP contribution < -0.4 is 5.32 Å². The lowest BCUT2D eigenvalue weighted by atomic mass is 10.0.